The second-order valence-corrected chi connectivity index (χ2v) is 9.69. The van der Waals surface area contributed by atoms with Gasteiger partial charge in [-0.1, -0.05) is 0 Å². The molecule has 5 N–H and O–H groups in total. The quantitative estimate of drug-likeness (QED) is 0.341. The van der Waals surface area contributed by atoms with Gasteiger partial charge in [0.05, 0.1) is 17.5 Å². The van der Waals surface area contributed by atoms with E-state index >= 15 is 0 Å². The van der Waals surface area contributed by atoms with Crippen molar-refractivity contribution in [2.75, 3.05) is 12.3 Å². The largest absolute Gasteiger partial charge is 0.404 e. The van der Waals surface area contributed by atoms with Crippen LogP contribution in [-0.4, -0.2) is 66.2 Å². The monoisotopic (exact) mass is 502 g/mol. The van der Waals surface area contributed by atoms with E-state index in [2.05, 4.69) is 15.1 Å². The number of Topliss-reactive ketones (excluding diaryl/α,β-unsaturated/α-hetero) is 1. The molecule has 2 saturated heterocycles. The molecule has 5 heterocycles. The lowest BCUT2D eigenvalue weighted by Gasteiger charge is -2.39. The molecule has 0 spiro atoms. The molecule has 0 radical (unpaired) electrons. The molecule has 2 aliphatic heterocycles. The Kier molecular flexibility index (Phi) is 6.46. The van der Waals surface area contributed by atoms with Crippen molar-refractivity contribution in [3.8, 4) is 11.1 Å². The van der Waals surface area contributed by atoms with Crippen LogP contribution >= 0.6 is 0 Å². The van der Waals surface area contributed by atoms with Crippen LogP contribution in [0.25, 0.3) is 16.8 Å². The van der Waals surface area contributed by atoms with Gasteiger partial charge in [0.1, 0.15) is 12.4 Å². The predicted molar refractivity (Wildman–Crippen MR) is 139 cm³/mol. The Labute approximate surface area is 213 Å². The lowest BCUT2D eigenvalue weighted by Crippen LogP contribution is -2.47. The summed E-state index contributed by atoms with van der Waals surface area (Å²) in [5, 5.41) is 13.8. The van der Waals surface area contributed by atoms with Crippen molar-refractivity contribution in [1.29, 1.82) is 0 Å². The van der Waals surface area contributed by atoms with Crippen LogP contribution in [0.2, 0.25) is 0 Å². The number of fused-ring (bicyclic) bond motifs is 3. The van der Waals surface area contributed by atoms with Gasteiger partial charge < -0.3 is 21.5 Å². The number of nitrogens with zero attached hydrogens (tertiary/aromatic N) is 6. The summed E-state index contributed by atoms with van der Waals surface area (Å²) in [5.41, 5.74) is 15.9. The van der Waals surface area contributed by atoms with Crippen molar-refractivity contribution in [2.45, 2.75) is 57.5 Å². The number of pyridine rings is 1. The summed E-state index contributed by atoms with van der Waals surface area (Å²) in [6.07, 6.45) is 9.55. The number of anilines is 1. The molecule has 3 atom stereocenters. The van der Waals surface area contributed by atoms with Gasteiger partial charge >= 0.3 is 0 Å². The van der Waals surface area contributed by atoms with Crippen LogP contribution in [0, 0.1) is 0 Å². The fourth-order valence-electron chi connectivity index (χ4n) is 5.61. The molecule has 0 aromatic carbocycles. The Balaban J connectivity index is 1.54. The minimum Gasteiger partial charge on any atom is -0.404 e. The zero-order valence-corrected chi connectivity index (χ0v) is 20.8. The van der Waals surface area contributed by atoms with E-state index in [1.54, 1.807) is 24.7 Å². The van der Waals surface area contributed by atoms with E-state index in [9.17, 15) is 14.7 Å². The van der Waals surface area contributed by atoms with Crippen molar-refractivity contribution in [1.82, 2.24) is 24.5 Å². The molecule has 2 bridgehead atoms. The first-order valence-corrected chi connectivity index (χ1v) is 12.3. The van der Waals surface area contributed by atoms with E-state index in [1.165, 1.54) is 17.6 Å². The Morgan fingerprint density at radius 1 is 1.19 bits per heavy atom. The molecule has 0 aliphatic carbocycles. The third kappa shape index (κ3) is 4.35. The molecule has 3 aromatic heterocycles. The lowest BCUT2D eigenvalue weighted by molar-refractivity contribution is -0.138. The van der Waals surface area contributed by atoms with E-state index in [0.29, 0.717) is 35.6 Å². The highest BCUT2D eigenvalue weighted by atomic mass is 16.3. The van der Waals surface area contributed by atoms with Crippen molar-refractivity contribution >= 4 is 35.2 Å². The maximum absolute atomic E-state index is 12.7. The van der Waals surface area contributed by atoms with Crippen LogP contribution in [0.15, 0.2) is 41.3 Å². The van der Waals surface area contributed by atoms with Gasteiger partial charge in [0, 0.05) is 41.5 Å². The molecular weight excluding hydrogens is 472 g/mol. The summed E-state index contributed by atoms with van der Waals surface area (Å²) in [7, 11) is 0. The number of carbonyl (C=O) groups excluding carboxylic acids is 2. The van der Waals surface area contributed by atoms with Gasteiger partial charge in [0.15, 0.2) is 17.2 Å². The Morgan fingerprint density at radius 3 is 2.51 bits per heavy atom. The van der Waals surface area contributed by atoms with Gasteiger partial charge in [-0.15, -0.1) is 0 Å². The SMILES string of the molecule is CC(=O)c1c(C2C[C@H]3CC[C@@H](C2)N3C(=O)CO)nc2c(-c3ccc(N=CC(C)=CN)nc3)cnn2c1N. The summed E-state index contributed by atoms with van der Waals surface area (Å²) in [5.74, 6) is 0.327. The second-order valence-electron chi connectivity index (χ2n) is 9.69. The molecule has 3 aromatic rings. The molecule has 192 valence electrons. The summed E-state index contributed by atoms with van der Waals surface area (Å²) >= 11 is 0. The maximum Gasteiger partial charge on any atom is 0.248 e. The Morgan fingerprint density at radius 2 is 1.92 bits per heavy atom. The number of piperidine rings is 1. The van der Waals surface area contributed by atoms with Crippen molar-refractivity contribution < 1.29 is 14.7 Å². The van der Waals surface area contributed by atoms with Gasteiger partial charge in [0.25, 0.3) is 0 Å². The smallest absolute Gasteiger partial charge is 0.248 e. The van der Waals surface area contributed by atoms with E-state index in [1.807, 2.05) is 17.9 Å². The number of aliphatic imine (C=N–C) groups is 1. The van der Waals surface area contributed by atoms with Crippen molar-refractivity contribution in [2.24, 2.45) is 10.7 Å². The van der Waals surface area contributed by atoms with Crippen LogP contribution in [0.3, 0.4) is 0 Å². The third-order valence-electron chi connectivity index (χ3n) is 7.33. The number of hydrogen-bond donors (Lipinski definition) is 3. The summed E-state index contributed by atoms with van der Waals surface area (Å²) < 4.78 is 1.50. The minimum absolute atomic E-state index is 0.0156. The zero-order chi connectivity index (χ0) is 26.3. The second kappa shape index (κ2) is 9.74. The number of aliphatic hydroxyl groups excluding tert-OH is 1. The first-order chi connectivity index (χ1) is 17.8. The minimum atomic E-state index is -0.492. The molecule has 2 aliphatic rings. The number of rotatable bonds is 6. The van der Waals surface area contributed by atoms with Crippen LogP contribution in [0.1, 0.15) is 61.5 Å². The summed E-state index contributed by atoms with van der Waals surface area (Å²) in [4.78, 5) is 40.5. The molecule has 37 heavy (non-hydrogen) atoms. The average Bonchev–Trinajstić information content (AvgIpc) is 3.44. The van der Waals surface area contributed by atoms with Crippen LogP contribution < -0.4 is 11.5 Å². The van der Waals surface area contributed by atoms with Crippen LogP contribution in [0.4, 0.5) is 11.6 Å². The van der Waals surface area contributed by atoms with Crippen LogP contribution in [0.5, 0.6) is 0 Å². The van der Waals surface area contributed by atoms with Gasteiger partial charge in [-0.3, -0.25) is 9.59 Å². The number of ketones is 1. The Bertz CT molecular complexity index is 1410. The van der Waals surface area contributed by atoms with Gasteiger partial charge in [-0.2, -0.15) is 9.61 Å². The fraction of sp³-hybridized carbons (Fsp3) is 0.385. The number of allylic oxidation sites excluding steroid dienone is 1. The number of nitrogens with two attached hydrogens (primary N) is 2. The molecule has 11 nitrogen and oxygen atoms in total. The molecular formula is C26H30N8O3. The van der Waals surface area contributed by atoms with Crippen molar-refractivity contribution in [3.63, 3.8) is 0 Å². The highest BCUT2D eigenvalue weighted by molar-refractivity contribution is 6.00. The standard InChI is InChI=1S/C26H30N8O3/c1-14(9-27)10-29-21-6-3-16(11-30-21)20-12-31-34-25(28)23(15(2)36)24(32-26(20)34)17-7-18-4-5-19(8-17)33(18)22(37)13-35/h3,6,9-12,17-19,35H,4-5,7-8,13,27-28H2,1-2H3/t17?,18-,19+. The number of carbonyl (C=O) groups is 2. The number of aromatic nitrogens is 4. The fourth-order valence-corrected chi connectivity index (χ4v) is 5.61. The predicted octanol–water partition coefficient (Wildman–Crippen LogP) is 2.37. The van der Waals surface area contributed by atoms with E-state index in [4.69, 9.17) is 16.5 Å². The Hall–Kier alpha value is -4.12. The van der Waals surface area contributed by atoms with Gasteiger partial charge in [0.2, 0.25) is 5.91 Å². The highest BCUT2D eigenvalue weighted by Gasteiger charge is 2.44. The number of aliphatic hydroxyl groups is 1. The molecule has 5 rings (SSSR count). The molecule has 1 unspecified atom stereocenters. The van der Waals surface area contributed by atoms with Crippen molar-refractivity contribution in [3.05, 3.63) is 47.6 Å². The molecule has 1 amide bonds. The first-order valence-electron chi connectivity index (χ1n) is 12.3. The topological polar surface area (TPSA) is 165 Å². The van der Waals surface area contributed by atoms with E-state index in [0.717, 1.165) is 29.5 Å². The third-order valence-corrected chi connectivity index (χ3v) is 7.33. The number of nitrogen functional groups attached to an aromatic ring is 1. The molecule has 2 fully saturated rings. The van der Waals surface area contributed by atoms with E-state index in [-0.39, 0.29) is 35.5 Å². The summed E-state index contributed by atoms with van der Waals surface area (Å²) in [6.45, 7) is 2.84. The number of hydrogen-bond acceptors (Lipinski definition) is 9. The molecule has 0 saturated carbocycles. The lowest BCUT2D eigenvalue weighted by atomic mass is 9.85. The highest BCUT2D eigenvalue weighted by Crippen LogP contribution is 2.44. The number of amides is 1. The first kappa shape index (κ1) is 24.6. The van der Waals surface area contributed by atoms with Gasteiger partial charge in [-0.25, -0.2) is 15.0 Å². The molecule has 11 heteroatoms. The zero-order valence-electron chi connectivity index (χ0n) is 20.8. The average molecular weight is 503 g/mol. The maximum atomic E-state index is 12.7. The van der Waals surface area contributed by atoms with Crippen LogP contribution in [-0.2, 0) is 4.79 Å². The normalized spacial score (nSPS) is 21.8. The summed E-state index contributed by atoms with van der Waals surface area (Å²) in [6, 6.07) is 3.70. The van der Waals surface area contributed by atoms with Gasteiger partial charge in [-0.05, 0) is 63.4 Å². The van der Waals surface area contributed by atoms with E-state index < -0.39 is 6.61 Å².